The van der Waals surface area contributed by atoms with Crippen LogP contribution < -0.4 is 10.7 Å². The molecule has 2 amide bonds. The van der Waals surface area contributed by atoms with Crippen molar-refractivity contribution in [1.29, 1.82) is 0 Å². The molecule has 0 saturated heterocycles. The van der Waals surface area contributed by atoms with Gasteiger partial charge in [-0.2, -0.15) is 5.10 Å². The minimum Gasteiger partial charge on any atom is -0.351 e. The van der Waals surface area contributed by atoms with Crippen LogP contribution in [0.1, 0.15) is 11.1 Å². The molecule has 0 bridgehead atoms. The third kappa shape index (κ3) is 3.20. The molecule has 5 heteroatoms. The Morgan fingerprint density at radius 1 is 1.25 bits per heavy atom. The Kier molecular flexibility index (Phi) is 4.20. The second-order valence-electron chi connectivity index (χ2n) is 3.13. The smallest absolute Gasteiger partial charge is 0.329 e. The normalized spacial score (nSPS) is 10.1. The molecule has 0 aromatic heterocycles. The van der Waals surface area contributed by atoms with E-state index in [-0.39, 0.29) is 0 Å². The lowest BCUT2D eigenvalue weighted by Crippen LogP contribution is -2.35. The van der Waals surface area contributed by atoms with Crippen LogP contribution >= 0.6 is 0 Å². The molecule has 2 N–H and O–H groups in total. The number of likely N-dealkylation sites (N-methyl/N-ethyl adjacent to an activating group) is 1. The zero-order valence-electron chi connectivity index (χ0n) is 9.15. The van der Waals surface area contributed by atoms with Crippen molar-refractivity contribution < 1.29 is 9.59 Å². The Labute approximate surface area is 93.5 Å². The van der Waals surface area contributed by atoms with Crippen molar-refractivity contribution in [3.63, 3.8) is 0 Å². The highest BCUT2D eigenvalue weighted by molar-refractivity contribution is 6.34. The van der Waals surface area contributed by atoms with Gasteiger partial charge in [0.15, 0.2) is 0 Å². The summed E-state index contributed by atoms with van der Waals surface area (Å²) in [6.45, 7) is 1.93. The number of amides is 2. The number of carbonyl (C=O) groups excluding carboxylic acids is 2. The zero-order chi connectivity index (χ0) is 12.0. The van der Waals surface area contributed by atoms with Crippen LogP contribution in [-0.2, 0) is 9.59 Å². The summed E-state index contributed by atoms with van der Waals surface area (Å²) in [7, 11) is 1.38. The average molecular weight is 219 g/mol. The maximum absolute atomic E-state index is 11.0. The molecule has 0 aliphatic carbocycles. The number of hydrogen-bond donors (Lipinski definition) is 2. The molecule has 1 aromatic carbocycles. The Bertz CT molecular complexity index is 427. The Morgan fingerprint density at radius 2 is 1.94 bits per heavy atom. The lowest BCUT2D eigenvalue weighted by Gasteiger charge is -1.99. The Hall–Kier alpha value is -2.17. The van der Waals surface area contributed by atoms with Crippen LogP contribution in [-0.4, -0.2) is 25.1 Å². The summed E-state index contributed by atoms with van der Waals surface area (Å²) in [4.78, 5) is 21.8. The van der Waals surface area contributed by atoms with Crippen LogP contribution in [0.25, 0.3) is 0 Å². The minimum atomic E-state index is -0.785. The first kappa shape index (κ1) is 11.9. The monoisotopic (exact) mass is 219 g/mol. The fraction of sp³-hybridized carbons (Fsp3) is 0.182. The van der Waals surface area contributed by atoms with Gasteiger partial charge in [-0.25, -0.2) is 5.43 Å². The molecule has 84 valence electrons. The number of hydrogen-bond acceptors (Lipinski definition) is 3. The summed E-state index contributed by atoms with van der Waals surface area (Å²) >= 11 is 0. The van der Waals surface area contributed by atoms with E-state index in [1.165, 1.54) is 13.3 Å². The molecule has 16 heavy (non-hydrogen) atoms. The number of nitrogens with one attached hydrogen (secondary N) is 2. The van der Waals surface area contributed by atoms with E-state index in [9.17, 15) is 9.59 Å². The summed E-state index contributed by atoms with van der Waals surface area (Å²) < 4.78 is 0. The van der Waals surface area contributed by atoms with Gasteiger partial charge in [0.1, 0.15) is 0 Å². The van der Waals surface area contributed by atoms with Gasteiger partial charge in [0.05, 0.1) is 6.21 Å². The SMILES string of the molecule is CNC(=O)C(=O)N/N=C\c1ccccc1C. The second-order valence-corrected chi connectivity index (χ2v) is 3.13. The summed E-state index contributed by atoms with van der Waals surface area (Å²) in [5, 5.41) is 5.89. The predicted molar refractivity (Wildman–Crippen MR) is 61.0 cm³/mol. The van der Waals surface area contributed by atoms with Crippen molar-refractivity contribution in [3.8, 4) is 0 Å². The topological polar surface area (TPSA) is 70.6 Å². The van der Waals surface area contributed by atoms with Crippen LogP contribution in [0.5, 0.6) is 0 Å². The highest BCUT2D eigenvalue weighted by Gasteiger charge is 2.08. The first-order chi connectivity index (χ1) is 7.65. The van der Waals surface area contributed by atoms with Crippen LogP contribution in [0.4, 0.5) is 0 Å². The van der Waals surface area contributed by atoms with Gasteiger partial charge in [-0.05, 0) is 18.1 Å². The van der Waals surface area contributed by atoms with Crippen molar-refractivity contribution in [2.45, 2.75) is 6.92 Å². The van der Waals surface area contributed by atoms with E-state index in [0.29, 0.717) is 0 Å². The number of nitrogens with zero attached hydrogens (tertiary/aromatic N) is 1. The number of carbonyl (C=O) groups is 2. The van der Waals surface area contributed by atoms with E-state index in [0.717, 1.165) is 11.1 Å². The lowest BCUT2D eigenvalue weighted by molar-refractivity contribution is -0.138. The van der Waals surface area contributed by atoms with E-state index in [2.05, 4.69) is 15.8 Å². The quantitative estimate of drug-likeness (QED) is 0.423. The average Bonchev–Trinajstić information content (AvgIpc) is 2.30. The number of rotatable bonds is 2. The number of aryl methyl sites for hydroxylation is 1. The Morgan fingerprint density at radius 3 is 2.56 bits per heavy atom. The van der Waals surface area contributed by atoms with Crippen molar-refractivity contribution in [2.75, 3.05) is 7.05 Å². The van der Waals surface area contributed by atoms with E-state index >= 15 is 0 Å². The summed E-state index contributed by atoms with van der Waals surface area (Å²) in [6.07, 6.45) is 1.50. The summed E-state index contributed by atoms with van der Waals surface area (Å²) in [6, 6.07) is 7.58. The lowest BCUT2D eigenvalue weighted by atomic mass is 10.1. The van der Waals surface area contributed by atoms with Gasteiger partial charge in [-0.3, -0.25) is 9.59 Å². The number of hydrazone groups is 1. The fourth-order valence-corrected chi connectivity index (χ4v) is 1.06. The van der Waals surface area contributed by atoms with E-state index in [1.807, 2.05) is 31.2 Å². The van der Waals surface area contributed by atoms with Gasteiger partial charge in [0.25, 0.3) is 0 Å². The van der Waals surface area contributed by atoms with E-state index < -0.39 is 11.8 Å². The maximum atomic E-state index is 11.0. The highest BCUT2D eigenvalue weighted by atomic mass is 16.2. The van der Waals surface area contributed by atoms with Gasteiger partial charge in [-0.1, -0.05) is 24.3 Å². The predicted octanol–water partition coefficient (Wildman–Crippen LogP) is 0.191. The molecule has 0 unspecified atom stereocenters. The van der Waals surface area contributed by atoms with Crippen molar-refractivity contribution in [1.82, 2.24) is 10.7 Å². The fourth-order valence-electron chi connectivity index (χ4n) is 1.06. The largest absolute Gasteiger partial charge is 0.351 e. The minimum absolute atomic E-state index is 0.720. The first-order valence-electron chi connectivity index (χ1n) is 4.76. The van der Waals surface area contributed by atoms with Gasteiger partial charge in [-0.15, -0.1) is 0 Å². The standard InChI is InChI=1S/C11H13N3O2/c1-8-5-3-4-6-9(8)7-13-14-11(16)10(15)12-2/h3-7H,1-2H3,(H,12,15)(H,14,16)/b13-7-. The summed E-state index contributed by atoms with van der Waals surface area (Å²) in [5.41, 5.74) is 4.06. The molecule has 0 radical (unpaired) electrons. The molecule has 0 aliphatic rings. The molecule has 1 aromatic rings. The highest BCUT2D eigenvalue weighted by Crippen LogP contribution is 2.02. The van der Waals surface area contributed by atoms with Gasteiger partial charge < -0.3 is 5.32 Å². The van der Waals surface area contributed by atoms with Crippen LogP contribution in [0.2, 0.25) is 0 Å². The van der Waals surface area contributed by atoms with Crippen LogP contribution in [0.15, 0.2) is 29.4 Å². The molecule has 0 aliphatic heterocycles. The molecule has 1 rings (SSSR count). The van der Waals surface area contributed by atoms with E-state index in [4.69, 9.17) is 0 Å². The summed E-state index contributed by atoms with van der Waals surface area (Å²) in [5.74, 6) is -1.51. The second kappa shape index (κ2) is 5.65. The van der Waals surface area contributed by atoms with Crippen molar-refractivity contribution >= 4 is 18.0 Å². The molecule has 0 spiro atoms. The van der Waals surface area contributed by atoms with Crippen molar-refractivity contribution in [2.24, 2.45) is 5.10 Å². The maximum Gasteiger partial charge on any atom is 0.329 e. The van der Waals surface area contributed by atoms with Gasteiger partial charge in [0, 0.05) is 7.05 Å². The Balaban J connectivity index is 2.59. The third-order valence-corrected chi connectivity index (χ3v) is 1.99. The van der Waals surface area contributed by atoms with Crippen molar-refractivity contribution in [3.05, 3.63) is 35.4 Å². The van der Waals surface area contributed by atoms with Gasteiger partial charge in [0.2, 0.25) is 0 Å². The third-order valence-electron chi connectivity index (χ3n) is 1.99. The van der Waals surface area contributed by atoms with Gasteiger partial charge >= 0.3 is 11.8 Å². The molecular weight excluding hydrogens is 206 g/mol. The molecular formula is C11H13N3O2. The number of benzene rings is 1. The molecule has 0 saturated carbocycles. The first-order valence-corrected chi connectivity index (χ1v) is 4.76. The molecule has 0 atom stereocenters. The van der Waals surface area contributed by atoms with Crippen LogP contribution in [0.3, 0.4) is 0 Å². The van der Waals surface area contributed by atoms with Crippen LogP contribution in [0, 0.1) is 6.92 Å². The molecule has 0 fully saturated rings. The zero-order valence-corrected chi connectivity index (χ0v) is 9.15. The molecule has 5 nitrogen and oxygen atoms in total. The van der Waals surface area contributed by atoms with E-state index in [1.54, 1.807) is 0 Å². The molecule has 0 heterocycles.